The lowest BCUT2D eigenvalue weighted by atomic mass is 9.94. The summed E-state index contributed by atoms with van der Waals surface area (Å²) in [6.07, 6.45) is 2.19. The van der Waals surface area contributed by atoms with E-state index in [-0.39, 0.29) is 17.7 Å². The molecule has 2 unspecified atom stereocenters. The Hall–Kier alpha value is -2.69. The summed E-state index contributed by atoms with van der Waals surface area (Å²) in [5.41, 5.74) is 2.62. The Labute approximate surface area is 127 Å². The molecule has 1 aliphatic carbocycles. The van der Waals surface area contributed by atoms with E-state index in [2.05, 4.69) is 15.6 Å². The zero-order valence-electron chi connectivity index (χ0n) is 12.1. The minimum absolute atomic E-state index is 0.0733. The topological polar surface area (TPSA) is 71.1 Å². The lowest BCUT2D eigenvalue weighted by molar-refractivity contribution is -0.122. The zero-order valence-corrected chi connectivity index (χ0v) is 12.1. The zero-order chi connectivity index (χ0) is 15.3. The molecule has 0 saturated heterocycles. The summed E-state index contributed by atoms with van der Waals surface area (Å²) < 4.78 is 0. The van der Waals surface area contributed by atoms with Crippen LogP contribution in [0.4, 0.5) is 11.4 Å². The third kappa shape index (κ3) is 1.75. The van der Waals surface area contributed by atoms with Crippen LogP contribution < -0.4 is 10.6 Å². The van der Waals surface area contributed by atoms with Gasteiger partial charge in [-0.05, 0) is 37.1 Å². The number of fused-ring (bicyclic) bond motifs is 2. The van der Waals surface area contributed by atoms with Crippen molar-refractivity contribution in [3.63, 3.8) is 0 Å². The molecule has 2 aromatic rings. The fourth-order valence-electron chi connectivity index (χ4n) is 3.24. The van der Waals surface area contributed by atoms with E-state index in [4.69, 9.17) is 0 Å². The highest BCUT2D eigenvalue weighted by Gasteiger charge is 2.67. The van der Waals surface area contributed by atoms with E-state index in [1.54, 1.807) is 6.20 Å². The molecule has 4 rings (SSSR count). The highest BCUT2D eigenvalue weighted by Crippen LogP contribution is 2.60. The summed E-state index contributed by atoms with van der Waals surface area (Å²) in [5.74, 6) is -0.522. The van der Waals surface area contributed by atoms with Crippen molar-refractivity contribution in [3.8, 4) is 0 Å². The van der Waals surface area contributed by atoms with Gasteiger partial charge >= 0.3 is 0 Å². The van der Waals surface area contributed by atoms with Gasteiger partial charge in [0.2, 0.25) is 11.8 Å². The number of aryl methyl sites for hydroxylation is 1. The molecular formula is C17H15N3O2. The number of anilines is 2. The standard InChI is InChI=1S/C17H15N3O2/c1-10-6-7-11(9-18-10)19-15(21)13-8-17(13)12-4-2-3-5-14(12)20-16(17)22/h2-7,9,13H,8H2,1H3,(H,19,21)(H,20,22). The number of rotatable bonds is 2. The molecule has 0 radical (unpaired) electrons. The van der Waals surface area contributed by atoms with Crippen LogP contribution in [0, 0.1) is 12.8 Å². The number of carbonyl (C=O) groups excluding carboxylic acids is 2. The minimum atomic E-state index is -0.682. The maximum Gasteiger partial charge on any atom is 0.235 e. The summed E-state index contributed by atoms with van der Waals surface area (Å²) in [4.78, 5) is 28.9. The smallest absolute Gasteiger partial charge is 0.235 e. The average Bonchev–Trinajstić information content (AvgIpc) is 3.20. The fourth-order valence-corrected chi connectivity index (χ4v) is 3.24. The van der Waals surface area contributed by atoms with E-state index < -0.39 is 5.41 Å². The van der Waals surface area contributed by atoms with Crippen molar-refractivity contribution in [2.24, 2.45) is 5.92 Å². The Balaban J connectivity index is 1.58. The Bertz CT molecular complexity index is 785. The molecule has 1 aromatic carbocycles. The van der Waals surface area contributed by atoms with Crippen LogP contribution in [0.5, 0.6) is 0 Å². The summed E-state index contributed by atoms with van der Waals surface area (Å²) >= 11 is 0. The van der Waals surface area contributed by atoms with Gasteiger partial charge in [0.25, 0.3) is 0 Å². The van der Waals surface area contributed by atoms with Crippen LogP contribution in [-0.2, 0) is 15.0 Å². The van der Waals surface area contributed by atoms with Gasteiger partial charge in [-0.1, -0.05) is 18.2 Å². The Morgan fingerprint density at radius 2 is 2.14 bits per heavy atom. The molecule has 110 valence electrons. The SMILES string of the molecule is Cc1ccc(NC(=O)C2CC23C(=O)Nc2ccccc23)cn1. The third-order valence-corrected chi connectivity index (χ3v) is 4.52. The summed E-state index contributed by atoms with van der Waals surface area (Å²) in [6.45, 7) is 1.89. The maximum absolute atomic E-state index is 12.5. The molecule has 1 aromatic heterocycles. The normalized spacial score (nSPS) is 24.8. The number of nitrogens with zero attached hydrogens (tertiary/aromatic N) is 1. The second kappa shape index (κ2) is 4.40. The molecule has 1 aliphatic heterocycles. The first kappa shape index (κ1) is 13.0. The van der Waals surface area contributed by atoms with Crippen molar-refractivity contribution in [3.05, 3.63) is 53.9 Å². The largest absolute Gasteiger partial charge is 0.325 e. The lowest BCUT2D eigenvalue weighted by Crippen LogP contribution is -2.27. The van der Waals surface area contributed by atoms with Gasteiger partial charge in [-0.15, -0.1) is 0 Å². The van der Waals surface area contributed by atoms with Crippen LogP contribution in [0.3, 0.4) is 0 Å². The molecule has 5 nitrogen and oxygen atoms in total. The van der Waals surface area contributed by atoms with E-state index in [9.17, 15) is 9.59 Å². The van der Waals surface area contributed by atoms with Gasteiger partial charge in [0.05, 0.1) is 23.2 Å². The second-order valence-corrected chi connectivity index (χ2v) is 5.91. The van der Waals surface area contributed by atoms with E-state index in [1.165, 1.54) is 0 Å². The van der Waals surface area contributed by atoms with E-state index in [0.717, 1.165) is 16.9 Å². The van der Waals surface area contributed by atoms with Crippen molar-refractivity contribution < 1.29 is 9.59 Å². The molecule has 22 heavy (non-hydrogen) atoms. The summed E-state index contributed by atoms with van der Waals surface area (Å²) in [5, 5.41) is 5.73. The number of hydrogen-bond donors (Lipinski definition) is 2. The minimum Gasteiger partial charge on any atom is -0.325 e. The number of carbonyl (C=O) groups is 2. The number of benzene rings is 1. The molecule has 2 N–H and O–H groups in total. The first-order valence-electron chi connectivity index (χ1n) is 7.26. The summed E-state index contributed by atoms with van der Waals surface area (Å²) in [7, 11) is 0. The number of para-hydroxylation sites is 1. The van der Waals surface area contributed by atoms with Crippen molar-refractivity contribution in [2.45, 2.75) is 18.8 Å². The van der Waals surface area contributed by atoms with Crippen molar-refractivity contribution in [2.75, 3.05) is 10.6 Å². The molecule has 1 spiro atoms. The Kier molecular flexibility index (Phi) is 2.60. The van der Waals surface area contributed by atoms with Crippen LogP contribution in [0.25, 0.3) is 0 Å². The lowest BCUT2D eigenvalue weighted by Gasteiger charge is -2.09. The molecule has 2 aliphatic rings. The molecule has 2 heterocycles. The quantitative estimate of drug-likeness (QED) is 0.892. The van der Waals surface area contributed by atoms with Gasteiger partial charge in [-0.2, -0.15) is 0 Å². The second-order valence-electron chi connectivity index (χ2n) is 5.91. The van der Waals surface area contributed by atoms with Gasteiger partial charge in [0.1, 0.15) is 0 Å². The molecule has 1 fully saturated rings. The van der Waals surface area contributed by atoms with Crippen LogP contribution in [-0.4, -0.2) is 16.8 Å². The van der Waals surface area contributed by atoms with Crippen LogP contribution in [0.15, 0.2) is 42.6 Å². The van der Waals surface area contributed by atoms with Gasteiger partial charge in [0.15, 0.2) is 0 Å². The monoisotopic (exact) mass is 293 g/mol. The van der Waals surface area contributed by atoms with Crippen LogP contribution in [0.2, 0.25) is 0 Å². The first-order valence-corrected chi connectivity index (χ1v) is 7.26. The van der Waals surface area contributed by atoms with E-state index in [1.807, 2.05) is 43.3 Å². The third-order valence-electron chi connectivity index (χ3n) is 4.52. The summed E-state index contributed by atoms with van der Waals surface area (Å²) in [6, 6.07) is 11.2. The molecule has 5 heteroatoms. The van der Waals surface area contributed by atoms with Crippen LogP contribution in [0.1, 0.15) is 17.7 Å². The molecule has 2 atom stereocenters. The van der Waals surface area contributed by atoms with Gasteiger partial charge < -0.3 is 10.6 Å². The Morgan fingerprint density at radius 3 is 2.91 bits per heavy atom. The number of amides is 2. The number of pyridine rings is 1. The van der Waals surface area contributed by atoms with Crippen molar-refractivity contribution >= 4 is 23.2 Å². The van der Waals surface area contributed by atoms with E-state index >= 15 is 0 Å². The maximum atomic E-state index is 12.5. The number of aromatic nitrogens is 1. The Morgan fingerprint density at radius 1 is 1.32 bits per heavy atom. The fraction of sp³-hybridized carbons (Fsp3) is 0.235. The number of nitrogens with one attached hydrogen (secondary N) is 2. The highest BCUT2D eigenvalue weighted by atomic mass is 16.2. The molecule has 1 saturated carbocycles. The van der Waals surface area contributed by atoms with Crippen molar-refractivity contribution in [1.29, 1.82) is 0 Å². The van der Waals surface area contributed by atoms with Crippen molar-refractivity contribution in [1.82, 2.24) is 4.98 Å². The first-order chi connectivity index (χ1) is 10.6. The van der Waals surface area contributed by atoms with Crippen LogP contribution >= 0.6 is 0 Å². The number of hydrogen-bond acceptors (Lipinski definition) is 3. The molecular weight excluding hydrogens is 278 g/mol. The van der Waals surface area contributed by atoms with Gasteiger partial charge in [-0.25, -0.2) is 0 Å². The van der Waals surface area contributed by atoms with Gasteiger partial charge in [-0.3, -0.25) is 14.6 Å². The molecule has 0 bridgehead atoms. The van der Waals surface area contributed by atoms with Gasteiger partial charge in [0, 0.05) is 11.4 Å². The predicted octanol–water partition coefficient (Wildman–Crippen LogP) is 2.24. The predicted molar refractivity (Wildman–Crippen MR) is 82.5 cm³/mol. The highest BCUT2D eigenvalue weighted by molar-refractivity contribution is 6.14. The molecule has 2 amide bonds. The average molecular weight is 293 g/mol. The van der Waals surface area contributed by atoms with E-state index in [0.29, 0.717) is 12.1 Å².